The van der Waals surface area contributed by atoms with E-state index in [1.54, 1.807) is 19.1 Å². The van der Waals surface area contributed by atoms with Crippen molar-refractivity contribution in [2.24, 2.45) is 0 Å². The second-order valence-electron chi connectivity index (χ2n) is 8.24. The van der Waals surface area contributed by atoms with Gasteiger partial charge in [-0.15, -0.1) is 11.3 Å². The number of aryl methyl sites for hydroxylation is 1. The van der Waals surface area contributed by atoms with Crippen molar-refractivity contribution in [1.82, 2.24) is 14.6 Å². The lowest BCUT2D eigenvalue weighted by Crippen LogP contribution is -2.17. The summed E-state index contributed by atoms with van der Waals surface area (Å²) >= 11 is 6.67. The molecular formula is C24H21ClF2N4O4S. The summed E-state index contributed by atoms with van der Waals surface area (Å²) in [4.78, 5) is 31.3. The minimum absolute atomic E-state index is 0.0167. The van der Waals surface area contributed by atoms with Gasteiger partial charge in [-0.25, -0.2) is 14.3 Å². The highest BCUT2D eigenvalue weighted by Gasteiger charge is 2.34. The monoisotopic (exact) mass is 534 g/mol. The van der Waals surface area contributed by atoms with Gasteiger partial charge in [0.15, 0.2) is 17.1 Å². The van der Waals surface area contributed by atoms with Gasteiger partial charge >= 0.3 is 11.4 Å². The first kappa shape index (κ1) is 24.4. The first-order valence-corrected chi connectivity index (χ1v) is 12.6. The minimum Gasteiger partial charge on any atom is -0.463 e. The van der Waals surface area contributed by atoms with Crippen LogP contribution in [0.25, 0.3) is 17.1 Å². The zero-order chi connectivity index (χ0) is 25.4. The van der Waals surface area contributed by atoms with Crippen LogP contribution in [-0.4, -0.2) is 33.1 Å². The fraction of sp³-hybridized carbons (Fsp3) is 0.333. The van der Waals surface area contributed by atoms with Gasteiger partial charge in [0.2, 0.25) is 0 Å². The molecule has 1 aliphatic carbocycles. The van der Waals surface area contributed by atoms with Gasteiger partial charge in [0, 0.05) is 10.9 Å². The number of esters is 1. The van der Waals surface area contributed by atoms with Gasteiger partial charge in [-0.1, -0.05) is 6.42 Å². The number of hydrogen-bond donors (Lipinski definition) is 1. The number of halogens is 3. The lowest BCUT2D eigenvalue weighted by molar-refractivity contribution is 0.0526. The molecule has 188 valence electrons. The number of ether oxygens (including phenoxy) is 1. The Morgan fingerprint density at radius 1 is 1.28 bits per heavy atom. The Morgan fingerprint density at radius 2 is 2.08 bits per heavy atom. The third-order valence-corrected chi connectivity index (χ3v) is 7.25. The number of anilines is 1. The van der Waals surface area contributed by atoms with Gasteiger partial charge in [-0.3, -0.25) is 4.79 Å². The van der Waals surface area contributed by atoms with Crippen LogP contribution in [-0.2, 0) is 23.0 Å². The van der Waals surface area contributed by atoms with Crippen LogP contribution in [0.15, 0.2) is 34.9 Å². The standard InChI is InChI=1S/C24H21ClF2N4O4S/c1-2-34-23(33)20-13-7-4-3-5-9-17(13)36-22(20)29-21(32)15-12-19-28-14(16-8-6-10-35-16)11-18(24(25,26)27)31(19)30-15/h6,8,10-12H,2-5,7,9H2,1H3,(H,29,32). The molecule has 0 atom stereocenters. The lowest BCUT2D eigenvalue weighted by atomic mass is 10.1. The molecule has 5 rings (SSSR count). The van der Waals surface area contributed by atoms with E-state index in [1.807, 2.05) is 0 Å². The van der Waals surface area contributed by atoms with E-state index in [4.69, 9.17) is 20.8 Å². The van der Waals surface area contributed by atoms with Crippen molar-refractivity contribution < 1.29 is 27.5 Å². The Kier molecular flexibility index (Phi) is 6.52. The summed E-state index contributed by atoms with van der Waals surface area (Å²) in [6, 6.07) is 5.49. The Bertz CT molecular complexity index is 1440. The number of alkyl halides is 3. The molecule has 4 aromatic heterocycles. The lowest BCUT2D eigenvalue weighted by Gasteiger charge is -2.11. The number of furan rings is 1. The van der Waals surface area contributed by atoms with Crippen molar-refractivity contribution in [1.29, 1.82) is 0 Å². The average molecular weight is 535 g/mol. The number of hydrogen-bond acceptors (Lipinski definition) is 7. The molecule has 0 saturated heterocycles. The third-order valence-electron chi connectivity index (χ3n) is 5.85. The molecule has 0 bridgehead atoms. The number of carbonyl (C=O) groups excluding carboxylic acids is 2. The second-order valence-corrected chi connectivity index (χ2v) is 9.82. The van der Waals surface area contributed by atoms with Gasteiger partial charge in [0.25, 0.3) is 5.91 Å². The number of carbonyl (C=O) groups is 2. The van der Waals surface area contributed by atoms with E-state index in [-0.39, 0.29) is 29.4 Å². The van der Waals surface area contributed by atoms with Crippen molar-refractivity contribution in [2.45, 2.75) is 44.4 Å². The fourth-order valence-corrected chi connectivity index (χ4v) is 5.66. The highest BCUT2D eigenvalue weighted by Crippen LogP contribution is 2.39. The van der Waals surface area contributed by atoms with E-state index in [9.17, 15) is 18.4 Å². The zero-order valence-electron chi connectivity index (χ0n) is 19.1. The van der Waals surface area contributed by atoms with Gasteiger partial charge in [-0.2, -0.15) is 13.9 Å². The smallest absolute Gasteiger partial charge is 0.364 e. The molecule has 1 amide bonds. The summed E-state index contributed by atoms with van der Waals surface area (Å²) in [5.74, 6) is -0.923. The summed E-state index contributed by atoms with van der Waals surface area (Å²) in [6.45, 7) is 1.91. The number of aromatic nitrogens is 3. The predicted octanol–water partition coefficient (Wildman–Crippen LogP) is 6.04. The van der Waals surface area contributed by atoms with Crippen molar-refractivity contribution in [3.8, 4) is 11.5 Å². The Morgan fingerprint density at radius 3 is 2.81 bits per heavy atom. The first-order valence-electron chi connectivity index (χ1n) is 11.4. The normalized spacial score (nSPS) is 13.9. The quantitative estimate of drug-likeness (QED) is 0.184. The molecule has 1 N–H and O–H groups in total. The molecule has 0 fully saturated rings. The number of thiophene rings is 1. The predicted molar refractivity (Wildman–Crippen MR) is 130 cm³/mol. The second kappa shape index (κ2) is 9.62. The summed E-state index contributed by atoms with van der Waals surface area (Å²) in [6.07, 6.45) is 5.91. The number of nitrogens with zero attached hydrogens (tertiary/aromatic N) is 3. The van der Waals surface area contributed by atoms with Crippen LogP contribution in [0.4, 0.5) is 13.8 Å². The maximum absolute atomic E-state index is 14.2. The van der Waals surface area contributed by atoms with E-state index in [2.05, 4.69) is 15.4 Å². The van der Waals surface area contributed by atoms with E-state index >= 15 is 0 Å². The van der Waals surface area contributed by atoms with Gasteiger partial charge < -0.3 is 14.5 Å². The van der Waals surface area contributed by atoms with Gasteiger partial charge in [0.05, 0.1) is 18.4 Å². The van der Waals surface area contributed by atoms with E-state index in [0.29, 0.717) is 10.6 Å². The van der Waals surface area contributed by atoms with Crippen molar-refractivity contribution in [2.75, 3.05) is 11.9 Å². The Labute approximate surface area is 213 Å². The molecule has 0 spiro atoms. The minimum atomic E-state index is -3.79. The Hall–Kier alpha value is -3.31. The number of nitrogens with one attached hydrogen (secondary N) is 1. The Balaban J connectivity index is 1.54. The topological polar surface area (TPSA) is 98.7 Å². The first-order chi connectivity index (χ1) is 17.3. The van der Waals surface area contributed by atoms with Crippen LogP contribution >= 0.6 is 22.9 Å². The zero-order valence-corrected chi connectivity index (χ0v) is 20.7. The van der Waals surface area contributed by atoms with Crippen molar-refractivity contribution >= 4 is 45.5 Å². The van der Waals surface area contributed by atoms with Crippen LogP contribution < -0.4 is 5.32 Å². The van der Waals surface area contributed by atoms with Crippen LogP contribution in [0, 0.1) is 0 Å². The molecular weight excluding hydrogens is 514 g/mol. The molecule has 4 heterocycles. The summed E-state index contributed by atoms with van der Waals surface area (Å²) in [5.41, 5.74) is 0.504. The average Bonchev–Trinajstić information content (AvgIpc) is 3.54. The third kappa shape index (κ3) is 4.60. The highest BCUT2D eigenvalue weighted by molar-refractivity contribution is 7.17. The van der Waals surface area contributed by atoms with E-state index in [0.717, 1.165) is 53.1 Å². The summed E-state index contributed by atoms with van der Waals surface area (Å²) < 4.78 is 39.8. The molecule has 1 aliphatic rings. The molecule has 0 aromatic carbocycles. The molecule has 4 aromatic rings. The molecule has 8 nitrogen and oxygen atoms in total. The number of fused-ring (bicyclic) bond motifs is 2. The molecule has 36 heavy (non-hydrogen) atoms. The highest BCUT2D eigenvalue weighted by atomic mass is 35.5. The van der Waals surface area contributed by atoms with Crippen LogP contribution in [0.3, 0.4) is 0 Å². The van der Waals surface area contributed by atoms with Crippen molar-refractivity contribution in [3.63, 3.8) is 0 Å². The fourth-order valence-electron chi connectivity index (χ4n) is 4.25. The van der Waals surface area contributed by atoms with Gasteiger partial charge in [-0.05, 0) is 68.0 Å². The maximum atomic E-state index is 14.2. The largest absolute Gasteiger partial charge is 0.463 e. The summed E-state index contributed by atoms with van der Waals surface area (Å²) in [7, 11) is 0. The SMILES string of the molecule is CCOC(=O)c1c(NC(=O)c2cc3nc(-c4ccco4)cc(C(F)(F)Cl)n3n2)sc2c1CCCCC2. The molecule has 0 unspecified atom stereocenters. The van der Waals surface area contributed by atoms with Crippen LogP contribution in [0.2, 0.25) is 0 Å². The summed E-state index contributed by atoms with van der Waals surface area (Å²) in [5, 5.41) is 3.35. The molecule has 0 radical (unpaired) electrons. The number of amides is 1. The number of rotatable bonds is 6. The molecule has 0 aliphatic heterocycles. The van der Waals surface area contributed by atoms with Crippen LogP contribution in [0.1, 0.15) is 63.2 Å². The van der Waals surface area contributed by atoms with E-state index in [1.165, 1.54) is 23.7 Å². The van der Waals surface area contributed by atoms with E-state index < -0.39 is 23.0 Å². The van der Waals surface area contributed by atoms with Gasteiger partial charge in [0.1, 0.15) is 16.4 Å². The molecule has 0 saturated carbocycles. The van der Waals surface area contributed by atoms with Crippen molar-refractivity contribution in [3.05, 3.63) is 57.9 Å². The maximum Gasteiger partial charge on any atom is 0.364 e. The van der Waals surface area contributed by atoms with Crippen LogP contribution in [0.5, 0.6) is 0 Å². The molecule has 12 heteroatoms.